The molecule has 1 aromatic heterocycles. The van der Waals surface area contributed by atoms with Crippen LogP contribution in [0.25, 0.3) is 0 Å². The first kappa shape index (κ1) is 13.4. The molecule has 0 fully saturated rings. The SMILES string of the molecule is CCC(Nc1cnccc1C(N)=S)C(=O)OC. The second-order valence-corrected chi connectivity index (χ2v) is 3.85. The molecule has 0 aliphatic heterocycles. The van der Waals surface area contributed by atoms with Gasteiger partial charge in [-0.15, -0.1) is 0 Å². The monoisotopic (exact) mass is 253 g/mol. The van der Waals surface area contributed by atoms with E-state index in [-0.39, 0.29) is 11.0 Å². The molecular weight excluding hydrogens is 238 g/mol. The van der Waals surface area contributed by atoms with Crippen LogP contribution in [0.1, 0.15) is 18.9 Å². The fourth-order valence-electron chi connectivity index (χ4n) is 1.38. The van der Waals surface area contributed by atoms with Crippen molar-refractivity contribution in [2.24, 2.45) is 5.73 Å². The lowest BCUT2D eigenvalue weighted by Crippen LogP contribution is -2.31. The summed E-state index contributed by atoms with van der Waals surface area (Å²) in [5, 5.41) is 3.02. The van der Waals surface area contributed by atoms with E-state index in [0.29, 0.717) is 17.7 Å². The highest BCUT2D eigenvalue weighted by atomic mass is 32.1. The Hall–Kier alpha value is -1.69. The number of rotatable bonds is 5. The summed E-state index contributed by atoms with van der Waals surface area (Å²) in [7, 11) is 1.35. The van der Waals surface area contributed by atoms with E-state index >= 15 is 0 Å². The number of hydrogen-bond acceptors (Lipinski definition) is 5. The van der Waals surface area contributed by atoms with Crippen LogP contribution in [-0.4, -0.2) is 29.1 Å². The molecular formula is C11H15N3O2S. The first-order valence-corrected chi connectivity index (χ1v) is 5.59. The maximum absolute atomic E-state index is 11.5. The molecule has 0 bridgehead atoms. The minimum Gasteiger partial charge on any atom is -0.467 e. The van der Waals surface area contributed by atoms with E-state index in [0.717, 1.165) is 0 Å². The number of esters is 1. The molecule has 1 heterocycles. The number of carbonyl (C=O) groups excluding carboxylic acids is 1. The third-order valence-corrected chi connectivity index (χ3v) is 2.53. The van der Waals surface area contributed by atoms with Crippen molar-refractivity contribution in [2.45, 2.75) is 19.4 Å². The molecule has 0 aromatic carbocycles. The molecule has 0 radical (unpaired) electrons. The van der Waals surface area contributed by atoms with E-state index in [1.807, 2.05) is 6.92 Å². The zero-order chi connectivity index (χ0) is 12.8. The lowest BCUT2D eigenvalue weighted by molar-refractivity contribution is -0.141. The Bertz CT molecular complexity index is 423. The van der Waals surface area contributed by atoms with Gasteiger partial charge in [-0.05, 0) is 12.5 Å². The highest BCUT2D eigenvalue weighted by molar-refractivity contribution is 7.80. The maximum Gasteiger partial charge on any atom is 0.328 e. The van der Waals surface area contributed by atoms with E-state index in [9.17, 15) is 4.79 Å². The number of aromatic nitrogens is 1. The largest absolute Gasteiger partial charge is 0.467 e. The highest BCUT2D eigenvalue weighted by Crippen LogP contribution is 2.15. The average molecular weight is 253 g/mol. The van der Waals surface area contributed by atoms with Crippen molar-refractivity contribution in [3.8, 4) is 0 Å². The molecule has 0 saturated carbocycles. The Labute approximate surface area is 105 Å². The molecule has 0 aliphatic rings. The van der Waals surface area contributed by atoms with E-state index in [1.165, 1.54) is 7.11 Å². The first-order valence-electron chi connectivity index (χ1n) is 5.18. The maximum atomic E-state index is 11.5. The Morgan fingerprint density at radius 1 is 1.71 bits per heavy atom. The van der Waals surface area contributed by atoms with Gasteiger partial charge in [-0.2, -0.15) is 0 Å². The summed E-state index contributed by atoms with van der Waals surface area (Å²) in [6, 6.07) is 1.27. The lowest BCUT2D eigenvalue weighted by Gasteiger charge is -2.17. The van der Waals surface area contributed by atoms with Crippen LogP contribution in [0.2, 0.25) is 0 Å². The van der Waals surface area contributed by atoms with Crippen molar-refractivity contribution in [1.29, 1.82) is 0 Å². The summed E-state index contributed by atoms with van der Waals surface area (Å²) in [6.45, 7) is 1.88. The first-order chi connectivity index (χ1) is 8.10. The quantitative estimate of drug-likeness (QED) is 0.604. The van der Waals surface area contributed by atoms with Crippen molar-refractivity contribution < 1.29 is 9.53 Å². The number of anilines is 1. The molecule has 5 nitrogen and oxygen atoms in total. The number of thiocarbonyl (C=S) groups is 1. The Morgan fingerprint density at radius 2 is 2.41 bits per heavy atom. The number of nitrogens with zero attached hydrogens (tertiary/aromatic N) is 1. The summed E-state index contributed by atoms with van der Waals surface area (Å²) in [6.07, 6.45) is 3.78. The summed E-state index contributed by atoms with van der Waals surface area (Å²) in [4.78, 5) is 15.7. The number of hydrogen-bond donors (Lipinski definition) is 2. The van der Waals surface area contributed by atoms with Crippen molar-refractivity contribution in [2.75, 3.05) is 12.4 Å². The average Bonchev–Trinajstić information content (AvgIpc) is 2.35. The highest BCUT2D eigenvalue weighted by Gasteiger charge is 2.18. The van der Waals surface area contributed by atoms with E-state index in [4.69, 9.17) is 18.0 Å². The lowest BCUT2D eigenvalue weighted by atomic mass is 10.1. The minimum absolute atomic E-state index is 0.259. The van der Waals surface area contributed by atoms with Gasteiger partial charge < -0.3 is 15.8 Å². The predicted molar refractivity (Wildman–Crippen MR) is 69.8 cm³/mol. The standard InChI is InChI=1S/C11H15N3O2S/c1-3-8(11(15)16-2)14-9-6-13-5-4-7(9)10(12)17/h4-6,8,14H,3H2,1-2H3,(H2,12,17). The minimum atomic E-state index is -0.433. The Morgan fingerprint density at radius 3 is 2.94 bits per heavy atom. The zero-order valence-electron chi connectivity index (χ0n) is 9.77. The van der Waals surface area contributed by atoms with Gasteiger partial charge in [-0.1, -0.05) is 19.1 Å². The Balaban J connectivity index is 2.93. The predicted octanol–water partition coefficient (Wildman–Crippen LogP) is 1.08. The normalized spacial score (nSPS) is 11.6. The zero-order valence-corrected chi connectivity index (χ0v) is 10.6. The molecule has 0 amide bonds. The van der Waals surface area contributed by atoms with Crippen LogP contribution in [0.4, 0.5) is 5.69 Å². The van der Waals surface area contributed by atoms with Crippen LogP contribution in [-0.2, 0) is 9.53 Å². The molecule has 1 aromatic rings. The molecule has 3 N–H and O–H groups in total. The van der Waals surface area contributed by atoms with Gasteiger partial charge in [0.25, 0.3) is 0 Å². The van der Waals surface area contributed by atoms with Crippen LogP contribution in [0.3, 0.4) is 0 Å². The van der Waals surface area contributed by atoms with Crippen molar-refractivity contribution >= 4 is 28.9 Å². The molecule has 92 valence electrons. The number of nitrogens with one attached hydrogen (secondary N) is 1. The summed E-state index contributed by atoms with van der Waals surface area (Å²) >= 11 is 4.93. The number of carbonyl (C=O) groups is 1. The Kier molecular flexibility index (Phi) is 4.84. The molecule has 17 heavy (non-hydrogen) atoms. The van der Waals surface area contributed by atoms with Crippen molar-refractivity contribution in [3.63, 3.8) is 0 Å². The van der Waals surface area contributed by atoms with Crippen LogP contribution in [0.5, 0.6) is 0 Å². The van der Waals surface area contributed by atoms with Gasteiger partial charge in [0.05, 0.1) is 19.0 Å². The topological polar surface area (TPSA) is 77.2 Å². The fourth-order valence-corrected chi connectivity index (χ4v) is 1.56. The van der Waals surface area contributed by atoms with Gasteiger partial charge >= 0.3 is 5.97 Å². The summed E-state index contributed by atoms with van der Waals surface area (Å²) in [5.41, 5.74) is 6.89. The molecule has 1 atom stereocenters. The van der Waals surface area contributed by atoms with Crippen molar-refractivity contribution in [3.05, 3.63) is 24.0 Å². The molecule has 6 heteroatoms. The molecule has 0 aliphatic carbocycles. The summed E-state index contributed by atoms with van der Waals surface area (Å²) in [5.74, 6) is -0.328. The third kappa shape index (κ3) is 3.39. The number of methoxy groups -OCH3 is 1. The van der Waals surface area contributed by atoms with Gasteiger partial charge in [0, 0.05) is 11.8 Å². The fraction of sp³-hybridized carbons (Fsp3) is 0.364. The van der Waals surface area contributed by atoms with Crippen LogP contribution in [0, 0.1) is 0 Å². The van der Waals surface area contributed by atoms with E-state index in [1.54, 1.807) is 18.5 Å². The summed E-state index contributed by atoms with van der Waals surface area (Å²) < 4.78 is 4.69. The number of pyridine rings is 1. The van der Waals surface area contributed by atoms with Crippen molar-refractivity contribution in [1.82, 2.24) is 4.98 Å². The third-order valence-electron chi connectivity index (χ3n) is 2.31. The molecule has 0 spiro atoms. The van der Waals surface area contributed by atoms with Crippen LogP contribution < -0.4 is 11.1 Å². The van der Waals surface area contributed by atoms with Gasteiger partial charge in [0.15, 0.2) is 0 Å². The smallest absolute Gasteiger partial charge is 0.328 e. The van der Waals surface area contributed by atoms with Crippen LogP contribution in [0.15, 0.2) is 18.5 Å². The second-order valence-electron chi connectivity index (χ2n) is 3.41. The number of ether oxygens (including phenoxy) is 1. The van der Waals surface area contributed by atoms with Gasteiger partial charge in [-0.3, -0.25) is 4.98 Å². The second kappa shape index (κ2) is 6.15. The van der Waals surface area contributed by atoms with E-state index < -0.39 is 6.04 Å². The molecule has 1 rings (SSSR count). The molecule has 0 saturated heterocycles. The van der Waals surface area contributed by atoms with Gasteiger partial charge in [0.1, 0.15) is 11.0 Å². The van der Waals surface area contributed by atoms with Crippen LogP contribution >= 0.6 is 12.2 Å². The van der Waals surface area contributed by atoms with Gasteiger partial charge in [0.2, 0.25) is 0 Å². The van der Waals surface area contributed by atoms with E-state index in [2.05, 4.69) is 15.0 Å². The number of nitrogens with two attached hydrogens (primary N) is 1. The molecule has 1 unspecified atom stereocenters. The van der Waals surface area contributed by atoms with Gasteiger partial charge in [-0.25, -0.2) is 4.79 Å².